The van der Waals surface area contributed by atoms with E-state index in [4.69, 9.17) is 5.11 Å². The number of hydrogen-bond acceptors (Lipinski definition) is 3. The normalized spacial score (nSPS) is 12.1. The van der Waals surface area contributed by atoms with E-state index in [0.717, 1.165) is 19.3 Å². The van der Waals surface area contributed by atoms with E-state index in [9.17, 15) is 9.59 Å². The molecule has 0 saturated carbocycles. The van der Waals surface area contributed by atoms with Gasteiger partial charge in [-0.05, 0) is 18.8 Å². The summed E-state index contributed by atoms with van der Waals surface area (Å²) in [7, 11) is 1.81. The van der Waals surface area contributed by atoms with Gasteiger partial charge in [0.2, 0.25) is 0 Å². The average molecular weight is 281 g/mol. The van der Waals surface area contributed by atoms with Crippen LogP contribution in [0.2, 0.25) is 0 Å². The van der Waals surface area contributed by atoms with E-state index >= 15 is 0 Å². The zero-order chi connectivity index (χ0) is 15.0. The number of aromatic nitrogens is 2. The van der Waals surface area contributed by atoms with Gasteiger partial charge >= 0.3 is 5.97 Å². The Labute approximate surface area is 119 Å². The molecular formula is C14H23N3O3. The molecule has 1 rings (SSSR count). The first-order valence-electron chi connectivity index (χ1n) is 7.00. The quantitative estimate of drug-likeness (QED) is 0.723. The Morgan fingerprint density at radius 2 is 2.15 bits per heavy atom. The molecule has 0 aliphatic rings. The van der Waals surface area contributed by atoms with Crippen LogP contribution in [0.25, 0.3) is 0 Å². The molecule has 1 aromatic rings. The number of carbonyl (C=O) groups excluding carboxylic acids is 1. The van der Waals surface area contributed by atoms with Gasteiger partial charge in [-0.15, -0.1) is 0 Å². The van der Waals surface area contributed by atoms with Crippen molar-refractivity contribution in [2.45, 2.75) is 39.0 Å². The summed E-state index contributed by atoms with van der Waals surface area (Å²) in [5, 5.41) is 11.5. The second kappa shape index (κ2) is 8.35. The summed E-state index contributed by atoms with van der Waals surface area (Å²) in [6, 6.07) is 0. The molecule has 0 aliphatic heterocycles. The third kappa shape index (κ3) is 5.86. The average Bonchev–Trinajstić information content (AvgIpc) is 2.82. The third-order valence-electron chi connectivity index (χ3n) is 3.24. The summed E-state index contributed by atoms with van der Waals surface area (Å²) in [6.45, 7) is 2.64. The molecule has 20 heavy (non-hydrogen) atoms. The molecule has 2 N–H and O–H groups in total. The standard InChI is InChI=1S/C14H23N3O3/c1-3-4-11(5-6-13(18)19)7-8-15-14(20)12-9-17(2)10-16-12/h9-11H,3-8H2,1-2H3,(H,15,20)(H,18,19). The van der Waals surface area contributed by atoms with Gasteiger partial charge in [-0.25, -0.2) is 4.98 Å². The van der Waals surface area contributed by atoms with Crippen molar-refractivity contribution in [3.63, 3.8) is 0 Å². The Morgan fingerprint density at radius 1 is 1.40 bits per heavy atom. The number of imidazole rings is 1. The van der Waals surface area contributed by atoms with Gasteiger partial charge in [0.05, 0.1) is 6.33 Å². The number of carboxylic acids is 1. The zero-order valence-corrected chi connectivity index (χ0v) is 12.1. The van der Waals surface area contributed by atoms with Crippen molar-refractivity contribution in [2.24, 2.45) is 13.0 Å². The molecule has 1 unspecified atom stereocenters. The highest BCUT2D eigenvalue weighted by molar-refractivity contribution is 5.91. The number of carbonyl (C=O) groups is 2. The minimum Gasteiger partial charge on any atom is -0.481 e. The molecule has 0 bridgehead atoms. The van der Waals surface area contributed by atoms with Crippen LogP contribution in [0.15, 0.2) is 12.5 Å². The summed E-state index contributed by atoms with van der Waals surface area (Å²) >= 11 is 0. The molecule has 0 spiro atoms. The number of amides is 1. The second-order valence-electron chi connectivity index (χ2n) is 5.06. The van der Waals surface area contributed by atoms with Crippen molar-refractivity contribution >= 4 is 11.9 Å². The fourth-order valence-corrected chi connectivity index (χ4v) is 2.18. The maximum absolute atomic E-state index is 11.8. The SMILES string of the molecule is CCCC(CCNC(=O)c1cn(C)cn1)CCC(=O)O. The van der Waals surface area contributed by atoms with Crippen LogP contribution in [0.4, 0.5) is 0 Å². The molecule has 6 heteroatoms. The molecule has 6 nitrogen and oxygen atoms in total. The Hall–Kier alpha value is -1.85. The van der Waals surface area contributed by atoms with Crippen molar-refractivity contribution in [1.82, 2.24) is 14.9 Å². The van der Waals surface area contributed by atoms with E-state index in [1.807, 2.05) is 7.05 Å². The van der Waals surface area contributed by atoms with E-state index in [2.05, 4.69) is 17.2 Å². The minimum absolute atomic E-state index is 0.181. The van der Waals surface area contributed by atoms with Crippen molar-refractivity contribution in [1.29, 1.82) is 0 Å². The first-order valence-corrected chi connectivity index (χ1v) is 7.00. The van der Waals surface area contributed by atoms with Crippen LogP contribution in [0.3, 0.4) is 0 Å². The Morgan fingerprint density at radius 3 is 2.70 bits per heavy atom. The number of hydrogen-bond donors (Lipinski definition) is 2. The molecule has 0 radical (unpaired) electrons. The Balaban J connectivity index is 2.32. The lowest BCUT2D eigenvalue weighted by molar-refractivity contribution is -0.137. The maximum atomic E-state index is 11.8. The summed E-state index contributed by atoms with van der Waals surface area (Å²) in [5.41, 5.74) is 0.407. The summed E-state index contributed by atoms with van der Waals surface area (Å²) < 4.78 is 1.72. The van der Waals surface area contributed by atoms with Crippen LogP contribution in [0.5, 0.6) is 0 Å². The van der Waals surface area contributed by atoms with Gasteiger partial charge in [0.15, 0.2) is 0 Å². The van der Waals surface area contributed by atoms with Crippen molar-refractivity contribution in [3.05, 3.63) is 18.2 Å². The lowest BCUT2D eigenvalue weighted by Crippen LogP contribution is -2.26. The van der Waals surface area contributed by atoms with E-state index < -0.39 is 5.97 Å². The number of nitrogens with zero attached hydrogens (tertiary/aromatic N) is 2. The number of aryl methyl sites for hydroxylation is 1. The van der Waals surface area contributed by atoms with Gasteiger partial charge in [-0.3, -0.25) is 9.59 Å². The Kier molecular flexibility index (Phi) is 6.76. The van der Waals surface area contributed by atoms with Crippen molar-refractivity contribution in [3.8, 4) is 0 Å². The lowest BCUT2D eigenvalue weighted by atomic mass is 9.94. The summed E-state index contributed by atoms with van der Waals surface area (Å²) in [4.78, 5) is 26.4. The van der Waals surface area contributed by atoms with Gasteiger partial charge in [-0.2, -0.15) is 0 Å². The van der Waals surface area contributed by atoms with Crippen LogP contribution in [0, 0.1) is 5.92 Å². The number of rotatable bonds is 9. The molecule has 112 valence electrons. The van der Waals surface area contributed by atoms with E-state index in [1.54, 1.807) is 17.1 Å². The zero-order valence-electron chi connectivity index (χ0n) is 12.1. The highest BCUT2D eigenvalue weighted by atomic mass is 16.4. The molecule has 0 fully saturated rings. The van der Waals surface area contributed by atoms with E-state index in [1.165, 1.54) is 0 Å². The highest BCUT2D eigenvalue weighted by Gasteiger charge is 2.12. The molecule has 0 aliphatic carbocycles. The minimum atomic E-state index is -0.761. The summed E-state index contributed by atoms with van der Waals surface area (Å²) in [6.07, 6.45) is 6.94. The molecule has 0 aromatic carbocycles. The molecular weight excluding hydrogens is 258 g/mol. The smallest absolute Gasteiger partial charge is 0.303 e. The van der Waals surface area contributed by atoms with Crippen molar-refractivity contribution < 1.29 is 14.7 Å². The fraction of sp³-hybridized carbons (Fsp3) is 0.643. The molecule has 1 atom stereocenters. The molecule has 0 saturated heterocycles. The number of carboxylic acid groups (broad SMARTS) is 1. The van der Waals surface area contributed by atoms with Crippen LogP contribution in [0.1, 0.15) is 49.5 Å². The van der Waals surface area contributed by atoms with Gasteiger partial charge in [0, 0.05) is 26.2 Å². The predicted octanol–water partition coefficient (Wildman–Crippen LogP) is 1.82. The van der Waals surface area contributed by atoms with Crippen molar-refractivity contribution in [2.75, 3.05) is 6.54 Å². The molecule has 1 amide bonds. The third-order valence-corrected chi connectivity index (χ3v) is 3.24. The monoisotopic (exact) mass is 281 g/mol. The van der Waals surface area contributed by atoms with Gasteiger partial charge in [0.1, 0.15) is 5.69 Å². The van der Waals surface area contributed by atoms with Gasteiger partial charge in [0.25, 0.3) is 5.91 Å². The maximum Gasteiger partial charge on any atom is 0.303 e. The van der Waals surface area contributed by atoms with Crippen LogP contribution in [-0.2, 0) is 11.8 Å². The van der Waals surface area contributed by atoms with Crippen LogP contribution >= 0.6 is 0 Å². The number of nitrogens with one attached hydrogen (secondary N) is 1. The first kappa shape index (κ1) is 16.2. The van der Waals surface area contributed by atoms with Gasteiger partial charge in [-0.1, -0.05) is 19.8 Å². The van der Waals surface area contributed by atoms with E-state index in [-0.39, 0.29) is 12.3 Å². The summed E-state index contributed by atoms with van der Waals surface area (Å²) in [5.74, 6) is -0.595. The predicted molar refractivity (Wildman–Crippen MR) is 75.4 cm³/mol. The molecule has 1 aromatic heterocycles. The topological polar surface area (TPSA) is 84.2 Å². The van der Waals surface area contributed by atoms with E-state index in [0.29, 0.717) is 24.6 Å². The largest absolute Gasteiger partial charge is 0.481 e. The first-order chi connectivity index (χ1) is 9.52. The van der Waals surface area contributed by atoms with Crippen LogP contribution < -0.4 is 5.32 Å². The Bertz CT molecular complexity index is 443. The lowest BCUT2D eigenvalue weighted by Gasteiger charge is -2.15. The highest BCUT2D eigenvalue weighted by Crippen LogP contribution is 2.17. The van der Waals surface area contributed by atoms with Gasteiger partial charge < -0.3 is 15.0 Å². The second-order valence-corrected chi connectivity index (χ2v) is 5.06. The fourth-order valence-electron chi connectivity index (χ4n) is 2.18. The molecule has 1 heterocycles. The van der Waals surface area contributed by atoms with Crippen LogP contribution in [-0.4, -0.2) is 33.1 Å². The number of aliphatic carboxylic acids is 1.